The lowest BCUT2D eigenvalue weighted by atomic mass is 10.1. The number of nitrogens with one attached hydrogen (secondary N) is 1. The van der Waals surface area contributed by atoms with Gasteiger partial charge in [-0.1, -0.05) is 12.1 Å². The fourth-order valence-corrected chi connectivity index (χ4v) is 3.42. The Morgan fingerprint density at radius 2 is 2.00 bits per heavy atom. The zero-order valence-corrected chi connectivity index (χ0v) is 16.2. The van der Waals surface area contributed by atoms with Crippen molar-refractivity contribution in [3.63, 3.8) is 0 Å². The third kappa shape index (κ3) is 4.69. The minimum atomic E-state index is -0.686. The van der Waals surface area contributed by atoms with Crippen molar-refractivity contribution < 1.29 is 18.3 Å². The van der Waals surface area contributed by atoms with Crippen LogP contribution in [0.15, 0.2) is 59.8 Å². The summed E-state index contributed by atoms with van der Waals surface area (Å²) >= 11 is 1.01. The molecule has 0 fully saturated rings. The Hall–Kier alpha value is -2.87. The minimum absolute atomic E-state index is 0.0143. The number of carbonyl (C=O) groups excluding carboxylic acids is 1. The standard InChI is InChI=1S/C20H19F2N3O2S/c1-25-10-9-23-20(25)19(13-3-6-15(27-2)7-4-13)24-18(26)12-28-17-8-5-14(21)11-16(17)22/h3-11,19H,12H2,1-2H3,(H,24,26). The largest absolute Gasteiger partial charge is 0.497 e. The number of thioether (sulfide) groups is 1. The molecule has 1 N–H and O–H groups in total. The molecule has 0 aliphatic rings. The second-order valence-electron chi connectivity index (χ2n) is 6.03. The summed E-state index contributed by atoms with van der Waals surface area (Å²) in [6.45, 7) is 0. The highest BCUT2D eigenvalue weighted by atomic mass is 32.2. The SMILES string of the molecule is COc1ccc(C(NC(=O)CSc2ccc(F)cc2F)c2nccn2C)cc1. The van der Waals surface area contributed by atoms with Gasteiger partial charge >= 0.3 is 0 Å². The maximum Gasteiger partial charge on any atom is 0.231 e. The maximum atomic E-state index is 13.8. The fourth-order valence-electron chi connectivity index (χ4n) is 2.69. The van der Waals surface area contributed by atoms with Gasteiger partial charge in [0, 0.05) is 30.4 Å². The van der Waals surface area contributed by atoms with Gasteiger partial charge in [0.25, 0.3) is 0 Å². The molecule has 1 amide bonds. The first kappa shape index (κ1) is 19.9. The number of nitrogens with zero attached hydrogens (tertiary/aromatic N) is 2. The van der Waals surface area contributed by atoms with E-state index in [1.54, 1.807) is 31.6 Å². The molecule has 1 unspecified atom stereocenters. The van der Waals surface area contributed by atoms with Crippen LogP contribution in [0.4, 0.5) is 8.78 Å². The molecule has 0 bridgehead atoms. The van der Waals surface area contributed by atoms with Gasteiger partial charge in [0.15, 0.2) is 0 Å². The first-order valence-corrected chi connectivity index (χ1v) is 9.45. The summed E-state index contributed by atoms with van der Waals surface area (Å²) in [6, 6.07) is 10.1. The topological polar surface area (TPSA) is 56.1 Å². The average Bonchev–Trinajstić information content (AvgIpc) is 3.11. The van der Waals surface area contributed by atoms with Crippen LogP contribution in [0.2, 0.25) is 0 Å². The van der Waals surface area contributed by atoms with E-state index in [0.717, 1.165) is 29.5 Å². The highest BCUT2D eigenvalue weighted by Gasteiger charge is 2.21. The molecule has 0 saturated heterocycles. The number of hydrogen-bond donors (Lipinski definition) is 1. The molecule has 3 aromatic rings. The van der Waals surface area contributed by atoms with Gasteiger partial charge in [0.1, 0.15) is 29.3 Å². The van der Waals surface area contributed by atoms with Gasteiger partial charge in [-0.25, -0.2) is 13.8 Å². The normalized spacial score (nSPS) is 11.9. The first-order chi connectivity index (χ1) is 13.5. The first-order valence-electron chi connectivity index (χ1n) is 8.46. The van der Waals surface area contributed by atoms with Crippen LogP contribution in [0.5, 0.6) is 5.75 Å². The van der Waals surface area contributed by atoms with Gasteiger partial charge in [-0.15, -0.1) is 11.8 Å². The van der Waals surface area contributed by atoms with Crippen LogP contribution in [0, 0.1) is 11.6 Å². The van der Waals surface area contributed by atoms with E-state index >= 15 is 0 Å². The second kappa shape index (κ2) is 8.88. The van der Waals surface area contributed by atoms with Crippen molar-refractivity contribution in [3.05, 3.63) is 77.9 Å². The molecule has 5 nitrogen and oxygen atoms in total. The predicted octanol–water partition coefficient (Wildman–Crippen LogP) is 3.70. The molecule has 1 atom stereocenters. The van der Waals surface area contributed by atoms with Crippen molar-refractivity contribution in [2.45, 2.75) is 10.9 Å². The van der Waals surface area contributed by atoms with Crippen molar-refractivity contribution in [1.82, 2.24) is 14.9 Å². The molecule has 8 heteroatoms. The third-order valence-corrected chi connectivity index (χ3v) is 5.17. The Morgan fingerprint density at radius 3 is 2.61 bits per heavy atom. The van der Waals surface area contributed by atoms with Gasteiger partial charge < -0.3 is 14.6 Å². The number of imidazole rings is 1. The summed E-state index contributed by atoms with van der Waals surface area (Å²) in [6.07, 6.45) is 3.45. The zero-order valence-electron chi connectivity index (χ0n) is 15.4. The summed E-state index contributed by atoms with van der Waals surface area (Å²) in [5.74, 6) is -0.279. The highest BCUT2D eigenvalue weighted by molar-refractivity contribution is 8.00. The molecule has 0 aliphatic heterocycles. The van der Waals surface area contributed by atoms with Gasteiger partial charge in [-0.2, -0.15) is 0 Å². The van der Waals surface area contributed by atoms with Gasteiger partial charge in [-0.3, -0.25) is 4.79 Å². The third-order valence-electron chi connectivity index (χ3n) is 4.12. The average molecular weight is 403 g/mol. The van der Waals surface area contributed by atoms with E-state index in [1.807, 2.05) is 23.7 Å². The number of benzene rings is 2. The molecule has 146 valence electrons. The Bertz CT molecular complexity index is 960. The molecule has 0 spiro atoms. The van der Waals surface area contributed by atoms with E-state index < -0.39 is 17.7 Å². The van der Waals surface area contributed by atoms with E-state index in [4.69, 9.17) is 4.74 Å². The van der Waals surface area contributed by atoms with Crippen molar-refractivity contribution in [2.75, 3.05) is 12.9 Å². The predicted molar refractivity (Wildman–Crippen MR) is 103 cm³/mol. The molecule has 28 heavy (non-hydrogen) atoms. The van der Waals surface area contributed by atoms with Gasteiger partial charge in [-0.05, 0) is 29.8 Å². The summed E-state index contributed by atoms with van der Waals surface area (Å²) in [5, 5.41) is 2.93. The Labute approximate surface area is 165 Å². The number of hydrogen-bond acceptors (Lipinski definition) is 4. The molecular weight excluding hydrogens is 384 g/mol. The molecule has 3 rings (SSSR count). The van der Waals surface area contributed by atoms with Crippen LogP contribution in [-0.4, -0.2) is 28.3 Å². The number of aromatic nitrogens is 2. The molecule has 0 saturated carbocycles. The summed E-state index contributed by atoms with van der Waals surface area (Å²) < 4.78 is 33.8. The van der Waals surface area contributed by atoms with Crippen LogP contribution in [-0.2, 0) is 11.8 Å². The lowest BCUT2D eigenvalue weighted by Gasteiger charge is -2.19. The second-order valence-corrected chi connectivity index (χ2v) is 7.05. The van der Waals surface area contributed by atoms with Crippen molar-refractivity contribution in [3.8, 4) is 5.75 Å². The van der Waals surface area contributed by atoms with Crippen LogP contribution in [0.25, 0.3) is 0 Å². The van der Waals surface area contributed by atoms with E-state index in [2.05, 4.69) is 10.3 Å². The number of methoxy groups -OCH3 is 1. The summed E-state index contributed by atoms with van der Waals surface area (Å²) in [7, 11) is 3.42. The Kier molecular flexibility index (Phi) is 6.30. The number of carbonyl (C=O) groups is 1. The molecule has 0 aliphatic carbocycles. The lowest BCUT2D eigenvalue weighted by Crippen LogP contribution is -2.32. The fraction of sp³-hybridized carbons (Fsp3) is 0.200. The van der Waals surface area contributed by atoms with Crippen LogP contribution in [0.3, 0.4) is 0 Å². The summed E-state index contributed by atoms with van der Waals surface area (Å²) in [5.41, 5.74) is 0.835. The number of rotatable bonds is 7. The van der Waals surface area contributed by atoms with Gasteiger partial charge in [0.05, 0.1) is 12.9 Å². The van der Waals surface area contributed by atoms with E-state index in [-0.39, 0.29) is 16.6 Å². The maximum absolute atomic E-state index is 13.8. The number of aryl methyl sites for hydroxylation is 1. The van der Waals surface area contributed by atoms with Crippen LogP contribution in [0.1, 0.15) is 17.4 Å². The number of halogens is 2. The Morgan fingerprint density at radius 1 is 1.25 bits per heavy atom. The van der Waals surface area contributed by atoms with Crippen molar-refractivity contribution in [1.29, 1.82) is 0 Å². The molecule has 1 aromatic heterocycles. The molecule has 2 aromatic carbocycles. The van der Waals surface area contributed by atoms with Gasteiger partial charge in [0.2, 0.25) is 5.91 Å². The van der Waals surface area contributed by atoms with E-state index in [9.17, 15) is 13.6 Å². The monoisotopic (exact) mass is 403 g/mol. The zero-order chi connectivity index (χ0) is 20.1. The Balaban J connectivity index is 1.75. The van der Waals surface area contributed by atoms with E-state index in [0.29, 0.717) is 11.6 Å². The highest BCUT2D eigenvalue weighted by Crippen LogP contribution is 2.25. The number of amides is 1. The quantitative estimate of drug-likeness (QED) is 0.611. The smallest absolute Gasteiger partial charge is 0.231 e. The molecule has 1 heterocycles. The summed E-state index contributed by atoms with van der Waals surface area (Å²) in [4.78, 5) is 17.1. The molecule has 0 radical (unpaired) electrons. The number of ether oxygens (including phenoxy) is 1. The lowest BCUT2D eigenvalue weighted by molar-refractivity contribution is -0.119. The van der Waals surface area contributed by atoms with Crippen molar-refractivity contribution >= 4 is 17.7 Å². The van der Waals surface area contributed by atoms with Crippen LogP contribution >= 0.6 is 11.8 Å². The van der Waals surface area contributed by atoms with Crippen LogP contribution < -0.4 is 10.1 Å². The minimum Gasteiger partial charge on any atom is -0.497 e. The van der Waals surface area contributed by atoms with Crippen molar-refractivity contribution in [2.24, 2.45) is 7.05 Å². The van der Waals surface area contributed by atoms with E-state index in [1.165, 1.54) is 6.07 Å². The molecular formula is C20H19F2N3O2S.